The molecule has 0 bridgehead atoms. The quantitative estimate of drug-likeness (QED) is 0.873. The van der Waals surface area contributed by atoms with Crippen LogP contribution in [0.15, 0.2) is 42.6 Å². The van der Waals surface area contributed by atoms with E-state index in [9.17, 15) is 4.79 Å². The Kier molecular flexibility index (Phi) is 3.37. The molecule has 4 heteroatoms. The van der Waals surface area contributed by atoms with Crippen LogP contribution in [0.5, 0.6) is 0 Å². The number of nitrogens with one attached hydrogen (secondary N) is 1. The SMILES string of the molecule is O=C(O)c1ccc(CNc2cc(C3CC3)ccn2)cc1. The fourth-order valence-electron chi connectivity index (χ4n) is 2.17. The highest BCUT2D eigenvalue weighted by Gasteiger charge is 2.23. The van der Waals surface area contributed by atoms with Crippen LogP contribution in [0.2, 0.25) is 0 Å². The minimum Gasteiger partial charge on any atom is -0.478 e. The number of carbonyl (C=O) groups is 1. The number of aromatic carboxylic acids is 1. The number of anilines is 1. The average Bonchev–Trinajstić information content (AvgIpc) is 3.30. The van der Waals surface area contributed by atoms with Gasteiger partial charge in [0.1, 0.15) is 5.82 Å². The van der Waals surface area contributed by atoms with Gasteiger partial charge in [-0.25, -0.2) is 9.78 Å². The van der Waals surface area contributed by atoms with Crippen molar-refractivity contribution < 1.29 is 9.90 Å². The molecule has 1 fully saturated rings. The van der Waals surface area contributed by atoms with Crippen LogP contribution in [0.25, 0.3) is 0 Å². The first-order chi connectivity index (χ1) is 9.72. The van der Waals surface area contributed by atoms with Gasteiger partial charge in [-0.2, -0.15) is 0 Å². The topological polar surface area (TPSA) is 62.2 Å². The summed E-state index contributed by atoms with van der Waals surface area (Å²) < 4.78 is 0. The number of nitrogens with zero attached hydrogens (tertiary/aromatic N) is 1. The van der Waals surface area contributed by atoms with Crippen molar-refractivity contribution in [1.82, 2.24) is 4.98 Å². The molecule has 1 heterocycles. The molecule has 4 nitrogen and oxygen atoms in total. The summed E-state index contributed by atoms with van der Waals surface area (Å²) in [5.74, 6) is 0.688. The molecule has 1 saturated carbocycles. The summed E-state index contributed by atoms with van der Waals surface area (Å²) in [6, 6.07) is 11.1. The van der Waals surface area contributed by atoms with E-state index in [0.717, 1.165) is 11.4 Å². The number of hydrogen-bond acceptors (Lipinski definition) is 3. The maximum atomic E-state index is 10.8. The van der Waals surface area contributed by atoms with Gasteiger partial charge in [0.2, 0.25) is 0 Å². The third-order valence-electron chi connectivity index (χ3n) is 3.51. The summed E-state index contributed by atoms with van der Waals surface area (Å²) in [6.07, 6.45) is 4.39. The standard InChI is InChI=1S/C16H16N2O2/c19-16(20)13-3-1-11(2-4-13)10-18-15-9-14(7-8-17-15)12-5-6-12/h1-4,7-9,12H,5-6,10H2,(H,17,18)(H,19,20). The number of hydrogen-bond donors (Lipinski definition) is 2. The van der Waals surface area contributed by atoms with Crippen LogP contribution in [0.1, 0.15) is 40.2 Å². The van der Waals surface area contributed by atoms with Gasteiger partial charge in [0.25, 0.3) is 0 Å². The predicted molar refractivity (Wildman–Crippen MR) is 76.9 cm³/mol. The highest BCUT2D eigenvalue weighted by Crippen LogP contribution is 2.40. The van der Waals surface area contributed by atoms with E-state index in [1.54, 1.807) is 12.1 Å². The molecule has 0 aliphatic heterocycles. The van der Waals surface area contributed by atoms with Crippen molar-refractivity contribution in [2.45, 2.75) is 25.3 Å². The van der Waals surface area contributed by atoms with Gasteiger partial charge in [-0.15, -0.1) is 0 Å². The van der Waals surface area contributed by atoms with Crippen LogP contribution in [-0.2, 0) is 6.54 Å². The number of carboxylic acid groups (broad SMARTS) is 1. The number of carboxylic acids is 1. The van der Waals surface area contributed by atoms with Gasteiger partial charge in [-0.05, 0) is 54.2 Å². The summed E-state index contributed by atoms with van der Waals surface area (Å²) in [5, 5.41) is 12.1. The Hall–Kier alpha value is -2.36. The monoisotopic (exact) mass is 268 g/mol. The molecule has 2 N–H and O–H groups in total. The van der Waals surface area contributed by atoms with Crippen LogP contribution < -0.4 is 5.32 Å². The molecule has 3 rings (SSSR count). The van der Waals surface area contributed by atoms with E-state index in [1.807, 2.05) is 18.3 Å². The lowest BCUT2D eigenvalue weighted by molar-refractivity contribution is 0.0697. The van der Waals surface area contributed by atoms with Crippen molar-refractivity contribution in [2.24, 2.45) is 0 Å². The summed E-state index contributed by atoms with van der Waals surface area (Å²) in [7, 11) is 0. The molecule has 20 heavy (non-hydrogen) atoms. The minimum absolute atomic E-state index is 0.308. The van der Waals surface area contributed by atoms with Gasteiger partial charge < -0.3 is 10.4 Å². The van der Waals surface area contributed by atoms with E-state index in [-0.39, 0.29) is 0 Å². The van der Waals surface area contributed by atoms with Gasteiger partial charge in [-0.1, -0.05) is 12.1 Å². The highest BCUT2D eigenvalue weighted by atomic mass is 16.4. The molecule has 1 aromatic carbocycles. The van der Waals surface area contributed by atoms with Crippen molar-refractivity contribution >= 4 is 11.8 Å². The van der Waals surface area contributed by atoms with Crippen molar-refractivity contribution in [3.8, 4) is 0 Å². The van der Waals surface area contributed by atoms with Gasteiger partial charge in [0, 0.05) is 12.7 Å². The molecule has 1 aliphatic rings. The number of benzene rings is 1. The van der Waals surface area contributed by atoms with E-state index >= 15 is 0 Å². The van der Waals surface area contributed by atoms with Crippen LogP contribution in [0, 0.1) is 0 Å². The highest BCUT2D eigenvalue weighted by molar-refractivity contribution is 5.87. The van der Waals surface area contributed by atoms with Gasteiger partial charge in [0.15, 0.2) is 0 Å². The second kappa shape index (κ2) is 5.33. The maximum Gasteiger partial charge on any atom is 0.335 e. The largest absolute Gasteiger partial charge is 0.478 e. The van der Waals surface area contributed by atoms with E-state index in [1.165, 1.54) is 18.4 Å². The van der Waals surface area contributed by atoms with Crippen molar-refractivity contribution in [2.75, 3.05) is 5.32 Å². The van der Waals surface area contributed by atoms with E-state index in [4.69, 9.17) is 5.11 Å². The molecule has 102 valence electrons. The Morgan fingerprint density at radius 3 is 2.65 bits per heavy atom. The molecule has 1 aliphatic carbocycles. The van der Waals surface area contributed by atoms with Crippen molar-refractivity contribution in [3.63, 3.8) is 0 Å². The Labute approximate surface area is 117 Å². The molecule has 1 aromatic heterocycles. The zero-order chi connectivity index (χ0) is 13.9. The van der Waals surface area contributed by atoms with Crippen LogP contribution in [0.4, 0.5) is 5.82 Å². The second-order valence-corrected chi connectivity index (χ2v) is 5.10. The summed E-state index contributed by atoms with van der Waals surface area (Å²) in [5.41, 5.74) is 2.69. The Morgan fingerprint density at radius 2 is 2.00 bits per heavy atom. The Morgan fingerprint density at radius 1 is 1.25 bits per heavy atom. The summed E-state index contributed by atoms with van der Waals surface area (Å²) in [4.78, 5) is 15.1. The van der Waals surface area contributed by atoms with Crippen molar-refractivity contribution in [1.29, 1.82) is 0 Å². The fraction of sp³-hybridized carbons (Fsp3) is 0.250. The molecular formula is C16H16N2O2. The fourth-order valence-corrected chi connectivity index (χ4v) is 2.17. The Bertz CT molecular complexity index is 619. The Balaban J connectivity index is 1.63. The maximum absolute atomic E-state index is 10.8. The normalized spacial score (nSPS) is 14.0. The molecule has 0 atom stereocenters. The number of rotatable bonds is 5. The number of aromatic nitrogens is 1. The lowest BCUT2D eigenvalue weighted by atomic mass is 10.1. The van der Waals surface area contributed by atoms with E-state index < -0.39 is 5.97 Å². The zero-order valence-electron chi connectivity index (χ0n) is 11.0. The zero-order valence-corrected chi connectivity index (χ0v) is 11.0. The van der Waals surface area contributed by atoms with Crippen molar-refractivity contribution in [3.05, 3.63) is 59.3 Å². The van der Waals surface area contributed by atoms with Crippen LogP contribution in [-0.4, -0.2) is 16.1 Å². The van der Waals surface area contributed by atoms with Gasteiger partial charge in [-0.3, -0.25) is 0 Å². The number of pyridine rings is 1. The second-order valence-electron chi connectivity index (χ2n) is 5.10. The third kappa shape index (κ3) is 2.96. The van der Waals surface area contributed by atoms with Crippen LogP contribution in [0.3, 0.4) is 0 Å². The lowest BCUT2D eigenvalue weighted by Gasteiger charge is -2.07. The van der Waals surface area contributed by atoms with Crippen LogP contribution >= 0.6 is 0 Å². The molecule has 2 aromatic rings. The van der Waals surface area contributed by atoms with E-state index in [0.29, 0.717) is 18.0 Å². The van der Waals surface area contributed by atoms with Gasteiger partial charge >= 0.3 is 5.97 Å². The smallest absolute Gasteiger partial charge is 0.335 e. The molecule has 0 saturated heterocycles. The summed E-state index contributed by atoms with van der Waals surface area (Å²) >= 11 is 0. The third-order valence-corrected chi connectivity index (χ3v) is 3.51. The minimum atomic E-state index is -0.900. The van der Waals surface area contributed by atoms with E-state index in [2.05, 4.69) is 22.4 Å². The predicted octanol–water partition coefficient (Wildman–Crippen LogP) is 3.27. The summed E-state index contributed by atoms with van der Waals surface area (Å²) in [6.45, 7) is 0.640. The lowest BCUT2D eigenvalue weighted by Crippen LogP contribution is -2.02. The first-order valence-corrected chi connectivity index (χ1v) is 6.74. The molecule has 0 spiro atoms. The molecular weight excluding hydrogens is 252 g/mol. The first kappa shape index (κ1) is 12.7. The molecule has 0 radical (unpaired) electrons. The molecule has 0 unspecified atom stereocenters. The van der Waals surface area contributed by atoms with Gasteiger partial charge in [0.05, 0.1) is 5.56 Å². The first-order valence-electron chi connectivity index (χ1n) is 6.74. The average molecular weight is 268 g/mol. The molecule has 0 amide bonds.